The lowest BCUT2D eigenvalue weighted by atomic mass is 9.93. The number of aryl methyl sites for hydroxylation is 1. The van der Waals surface area contributed by atoms with Crippen molar-refractivity contribution in [1.82, 2.24) is 19.6 Å². The van der Waals surface area contributed by atoms with Crippen molar-refractivity contribution in [1.29, 1.82) is 0 Å². The van der Waals surface area contributed by atoms with Gasteiger partial charge in [-0.1, -0.05) is 51.0 Å². The Kier molecular flexibility index (Phi) is 11.8. The van der Waals surface area contributed by atoms with Crippen LogP contribution in [-0.4, -0.2) is 74.5 Å². The maximum Gasteiger partial charge on any atom is 0.573 e. The zero-order chi connectivity index (χ0) is 36.7. The van der Waals surface area contributed by atoms with Crippen LogP contribution in [0.25, 0.3) is 5.69 Å². The highest BCUT2D eigenvalue weighted by molar-refractivity contribution is 6.06. The van der Waals surface area contributed by atoms with Crippen LogP contribution in [0, 0.1) is 6.92 Å². The van der Waals surface area contributed by atoms with E-state index in [4.69, 9.17) is 0 Å². The van der Waals surface area contributed by atoms with Crippen LogP contribution in [-0.2, 0) is 13.0 Å². The minimum atomic E-state index is -4.87. The van der Waals surface area contributed by atoms with E-state index in [2.05, 4.69) is 29.0 Å². The van der Waals surface area contributed by atoms with Gasteiger partial charge in [0.1, 0.15) is 5.75 Å². The van der Waals surface area contributed by atoms with Crippen molar-refractivity contribution in [3.63, 3.8) is 0 Å². The van der Waals surface area contributed by atoms with Gasteiger partial charge in [0.25, 0.3) is 17.7 Å². The molecule has 5 rings (SSSR count). The van der Waals surface area contributed by atoms with Gasteiger partial charge in [0.05, 0.1) is 23.9 Å². The lowest BCUT2D eigenvalue weighted by Gasteiger charge is -2.36. The standard InChI is InChI=1S/C38H42F3N5O5/c1-4-6-18-44(19-7-5-2)37(50)33-20-25(3)46(43-33)34-17-14-29(42-35(48)26-12-15-31(16-13-26)51-38(39,40)41)22-32(34)36(49)45-23-28-11-9-8-10-27(28)21-30(45)24-47/h8-17,20,22,30,47H,4-7,18-19,21,23-24H2,1-3H3,(H,42,48). The Morgan fingerprint density at radius 2 is 1.63 bits per heavy atom. The summed E-state index contributed by atoms with van der Waals surface area (Å²) in [5.74, 6) is -1.71. The van der Waals surface area contributed by atoms with Gasteiger partial charge in [-0.2, -0.15) is 5.10 Å². The number of unbranched alkanes of at least 4 members (excludes halogenated alkanes) is 2. The van der Waals surface area contributed by atoms with E-state index in [0.717, 1.165) is 48.9 Å². The number of alkyl halides is 3. The molecule has 1 unspecified atom stereocenters. The highest BCUT2D eigenvalue weighted by atomic mass is 19.4. The fourth-order valence-corrected chi connectivity index (χ4v) is 6.12. The van der Waals surface area contributed by atoms with Crippen LogP contribution in [0.2, 0.25) is 0 Å². The van der Waals surface area contributed by atoms with Gasteiger partial charge in [-0.15, -0.1) is 13.2 Å². The predicted molar refractivity (Wildman–Crippen MR) is 186 cm³/mol. The topological polar surface area (TPSA) is 117 Å². The third-order valence-electron chi connectivity index (χ3n) is 8.85. The second-order valence-electron chi connectivity index (χ2n) is 12.6. The number of nitrogens with one attached hydrogen (secondary N) is 1. The molecule has 0 bridgehead atoms. The number of anilines is 1. The molecule has 1 aromatic heterocycles. The summed E-state index contributed by atoms with van der Waals surface area (Å²) >= 11 is 0. The third kappa shape index (κ3) is 8.95. The first kappa shape index (κ1) is 37.1. The number of amides is 3. The molecule has 0 radical (unpaired) electrons. The number of nitrogens with zero attached hydrogens (tertiary/aromatic N) is 4. The first-order valence-corrected chi connectivity index (χ1v) is 17.1. The molecular weight excluding hydrogens is 663 g/mol. The van der Waals surface area contributed by atoms with Crippen LogP contribution in [0.3, 0.4) is 0 Å². The largest absolute Gasteiger partial charge is 0.573 e. The van der Waals surface area contributed by atoms with E-state index in [1.807, 2.05) is 29.2 Å². The lowest BCUT2D eigenvalue weighted by molar-refractivity contribution is -0.274. The maximum absolute atomic E-state index is 14.5. The van der Waals surface area contributed by atoms with Gasteiger partial charge in [-0.25, -0.2) is 4.68 Å². The Labute approximate surface area is 294 Å². The monoisotopic (exact) mass is 705 g/mol. The summed E-state index contributed by atoms with van der Waals surface area (Å²) < 4.78 is 43.3. The van der Waals surface area contributed by atoms with Crippen molar-refractivity contribution in [2.45, 2.75) is 71.8 Å². The maximum atomic E-state index is 14.5. The van der Waals surface area contributed by atoms with Crippen molar-refractivity contribution in [2.75, 3.05) is 25.0 Å². The van der Waals surface area contributed by atoms with E-state index < -0.39 is 30.0 Å². The van der Waals surface area contributed by atoms with E-state index in [1.54, 1.807) is 30.0 Å². The molecule has 2 heterocycles. The molecule has 0 aliphatic carbocycles. The fraction of sp³-hybridized carbons (Fsp3) is 0.368. The van der Waals surface area contributed by atoms with E-state index in [1.165, 1.54) is 22.9 Å². The normalized spacial score (nSPS) is 14.2. The van der Waals surface area contributed by atoms with Gasteiger partial charge in [-0.05, 0) is 85.8 Å². The summed E-state index contributed by atoms with van der Waals surface area (Å²) in [6.07, 6.45) is -0.834. The molecule has 270 valence electrons. The van der Waals surface area contributed by atoms with Crippen LogP contribution >= 0.6 is 0 Å². The molecule has 3 aromatic carbocycles. The molecule has 0 saturated carbocycles. The Morgan fingerprint density at radius 1 is 0.961 bits per heavy atom. The van der Waals surface area contributed by atoms with Gasteiger partial charge >= 0.3 is 6.36 Å². The SMILES string of the molecule is CCCCN(CCCC)C(=O)c1cc(C)n(-c2ccc(NC(=O)c3ccc(OC(F)(F)F)cc3)cc2C(=O)N2Cc3ccccc3CC2CO)n1. The Balaban J connectivity index is 1.51. The number of aliphatic hydroxyl groups excluding tert-OH is 1. The van der Waals surface area contributed by atoms with Crippen molar-refractivity contribution >= 4 is 23.4 Å². The quantitative estimate of drug-likeness (QED) is 0.156. The van der Waals surface area contributed by atoms with Gasteiger partial charge in [0.2, 0.25) is 0 Å². The summed E-state index contributed by atoms with van der Waals surface area (Å²) in [4.78, 5) is 44.7. The second-order valence-corrected chi connectivity index (χ2v) is 12.6. The number of fused-ring (bicyclic) bond motifs is 1. The number of ether oxygens (including phenoxy) is 1. The lowest BCUT2D eigenvalue weighted by Crippen LogP contribution is -2.46. The van der Waals surface area contributed by atoms with Crippen LogP contribution in [0.5, 0.6) is 5.75 Å². The van der Waals surface area contributed by atoms with E-state index in [9.17, 15) is 32.7 Å². The molecule has 0 fully saturated rings. The number of hydrogen-bond acceptors (Lipinski definition) is 6. The van der Waals surface area contributed by atoms with Crippen molar-refractivity contribution < 1.29 is 37.4 Å². The molecule has 0 spiro atoms. The average Bonchev–Trinajstić information content (AvgIpc) is 3.51. The Bertz CT molecular complexity index is 1850. The molecule has 0 saturated heterocycles. The number of benzene rings is 3. The van der Waals surface area contributed by atoms with Gasteiger partial charge < -0.3 is 25.0 Å². The van der Waals surface area contributed by atoms with Gasteiger partial charge in [0.15, 0.2) is 5.69 Å². The van der Waals surface area contributed by atoms with Crippen LogP contribution in [0.15, 0.2) is 72.8 Å². The first-order valence-electron chi connectivity index (χ1n) is 17.1. The van der Waals surface area contributed by atoms with Crippen molar-refractivity contribution in [3.8, 4) is 11.4 Å². The number of carbonyl (C=O) groups excluding carboxylic acids is 3. The summed E-state index contributed by atoms with van der Waals surface area (Å²) in [5, 5.41) is 17.8. The number of aromatic nitrogens is 2. The first-order chi connectivity index (χ1) is 24.4. The summed E-state index contributed by atoms with van der Waals surface area (Å²) in [6, 6.07) is 18.1. The van der Waals surface area contributed by atoms with E-state index in [0.29, 0.717) is 30.9 Å². The zero-order valence-corrected chi connectivity index (χ0v) is 28.9. The molecule has 4 aromatic rings. The summed E-state index contributed by atoms with van der Waals surface area (Å²) in [6.45, 7) is 7.11. The fourth-order valence-electron chi connectivity index (χ4n) is 6.12. The number of halogens is 3. The Hall–Kier alpha value is -5.17. The minimum absolute atomic E-state index is 0.0660. The molecule has 3 amide bonds. The minimum Gasteiger partial charge on any atom is -0.406 e. The number of aliphatic hydroxyl groups is 1. The predicted octanol–water partition coefficient (Wildman–Crippen LogP) is 6.93. The number of rotatable bonds is 13. The zero-order valence-electron chi connectivity index (χ0n) is 28.9. The van der Waals surface area contributed by atoms with Crippen LogP contribution in [0.1, 0.15) is 87.6 Å². The number of hydrogen-bond donors (Lipinski definition) is 2. The van der Waals surface area contributed by atoms with E-state index in [-0.39, 0.29) is 41.6 Å². The average molecular weight is 706 g/mol. The molecular formula is C38H42F3N5O5. The third-order valence-corrected chi connectivity index (χ3v) is 8.85. The number of carbonyl (C=O) groups is 3. The molecule has 1 aliphatic rings. The van der Waals surface area contributed by atoms with Crippen molar-refractivity contribution in [2.24, 2.45) is 0 Å². The molecule has 2 N–H and O–H groups in total. The molecule has 1 atom stereocenters. The second kappa shape index (κ2) is 16.2. The molecule has 13 heteroatoms. The molecule has 10 nitrogen and oxygen atoms in total. The summed E-state index contributed by atoms with van der Waals surface area (Å²) in [7, 11) is 0. The van der Waals surface area contributed by atoms with Crippen LogP contribution in [0.4, 0.5) is 18.9 Å². The highest BCUT2D eigenvalue weighted by Gasteiger charge is 2.33. The van der Waals surface area contributed by atoms with Gasteiger partial charge in [0, 0.05) is 36.6 Å². The van der Waals surface area contributed by atoms with Crippen LogP contribution < -0.4 is 10.1 Å². The molecule has 1 aliphatic heterocycles. The smallest absolute Gasteiger partial charge is 0.406 e. The van der Waals surface area contributed by atoms with Crippen molar-refractivity contribution in [3.05, 3.63) is 106 Å². The highest BCUT2D eigenvalue weighted by Crippen LogP contribution is 2.30. The van der Waals surface area contributed by atoms with E-state index >= 15 is 0 Å². The molecule has 51 heavy (non-hydrogen) atoms. The van der Waals surface area contributed by atoms with Gasteiger partial charge in [-0.3, -0.25) is 14.4 Å². The summed E-state index contributed by atoms with van der Waals surface area (Å²) in [5.41, 5.74) is 3.68. The Morgan fingerprint density at radius 3 is 2.25 bits per heavy atom.